The molecule has 0 aliphatic heterocycles. The van der Waals surface area contributed by atoms with Crippen molar-refractivity contribution in [2.45, 2.75) is 0 Å². The molecule has 0 atom stereocenters. The van der Waals surface area contributed by atoms with Crippen molar-refractivity contribution >= 4 is 23.3 Å². The van der Waals surface area contributed by atoms with Gasteiger partial charge in [0, 0.05) is 17.8 Å². The Hall–Kier alpha value is -2.65. The van der Waals surface area contributed by atoms with Gasteiger partial charge in [-0.1, -0.05) is 6.07 Å². The van der Waals surface area contributed by atoms with Gasteiger partial charge in [-0.05, 0) is 30.4 Å². The number of fused-ring (bicyclic) bond motifs is 1. The smallest absolute Gasteiger partial charge is 0.182 e. The predicted molar refractivity (Wildman–Crippen MR) is 79.7 cm³/mol. The number of nitriles is 1. The molecular formula is C15H10FN3OS. The van der Waals surface area contributed by atoms with Crippen LogP contribution in [-0.2, 0) is 0 Å². The summed E-state index contributed by atoms with van der Waals surface area (Å²) < 4.78 is 20.9. The Labute approximate surface area is 125 Å². The van der Waals surface area contributed by atoms with Gasteiger partial charge in [0.25, 0.3) is 0 Å². The first-order valence-electron chi connectivity index (χ1n) is 6.13. The summed E-state index contributed by atoms with van der Waals surface area (Å²) in [5.41, 5.74) is 2.52. The first kappa shape index (κ1) is 13.3. The van der Waals surface area contributed by atoms with Gasteiger partial charge in [-0.3, -0.25) is 4.57 Å². The van der Waals surface area contributed by atoms with Crippen LogP contribution in [-0.4, -0.2) is 16.7 Å². The molecule has 1 N–H and O–H groups in total. The van der Waals surface area contributed by atoms with Crippen molar-refractivity contribution in [3.63, 3.8) is 0 Å². The molecule has 0 fully saturated rings. The Bertz CT molecular complexity index is 936. The molecule has 0 spiro atoms. The molecule has 1 heterocycles. The Morgan fingerprint density at radius 1 is 1.33 bits per heavy atom. The summed E-state index contributed by atoms with van der Waals surface area (Å²) in [6, 6.07) is 12.0. The predicted octanol–water partition coefficient (Wildman–Crippen LogP) is 3.71. The third-order valence-corrected chi connectivity index (χ3v) is 3.47. The molecule has 0 bridgehead atoms. The van der Waals surface area contributed by atoms with Crippen LogP contribution in [0, 0.1) is 21.9 Å². The van der Waals surface area contributed by atoms with Gasteiger partial charge < -0.3 is 9.72 Å². The van der Waals surface area contributed by atoms with Gasteiger partial charge in [-0.25, -0.2) is 4.39 Å². The summed E-state index contributed by atoms with van der Waals surface area (Å²) in [6.45, 7) is 0. The standard InChI is InChI=1S/C15H10FN3OS/c1-20-14-7-13-12(6-11(14)16)18-15(21)19(13)10-4-2-3-9(5-10)8-17/h2-7H,1H3,(H,18,21). The second-order valence-electron chi connectivity index (χ2n) is 4.43. The number of benzene rings is 2. The normalized spacial score (nSPS) is 10.5. The number of aromatic amines is 1. The number of aromatic nitrogens is 2. The highest BCUT2D eigenvalue weighted by Gasteiger charge is 2.12. The van der Waals surface area contributed by atoms with Crippen LogP contribution in [0.15, 0.2) is 36.4 Å². The monoisotopic (exact) mass is 299 g/mol. The molecule has 104 valence electrons. The number of rotatable bonds is 2. The third kappa shape index (κ3) is 2.18. The van der Waals surface area contributed by atoms with Gasteiger partial charge in [-0.15, -0.1) is 0 Å². The van der Waals surface area contributed by atoms with Gasteiger partial charge in [-0.2, -0.15) is 5.26 Å². The number of nitrogens with one attached hydrogen (secondary N) is 1. The van der Waals surface area contributed by atoms with E-state index in [4.69, 9.17) is 22.2 Å². The van der Waals surface area contributed by atoms with Gasteiger partial charge in [0.05, 0.1) is 29.8 Å². The molecule has 3 rings (SSSR count). The molecular weight excluding hydrogens is 289 g/mol. The molecule has 2 aromatic carbocycles. The molecule has 0 saturated heterocycles. The highest BCUT2D eigenvalue weighted by molar-refractivity contribution is 7.71. The van der Waals surface area contributed by atoms with Crippen molar-refractivity contribution in [1.82, 2.24) is 9.55 Å². The zero-order valence-electron chi connectivity index (χ0n) is 11.1. The van der Waals surface area contributed by atoms with E-state index in [1.165, 1.54) is 13.2 Å². The van der Waals surface area contributed by atoms with E-state index < -0.39 is 5.82 Å². The number of imidazole rings is 1. The molecule has 1 aromatic heterocycles. The first-order chi connectivity index (χ1) is 10.1. The van der Waals surface area contributed by atoms with Gasteiger partial charge in [0.15, 0.2) is 16.3 Å². The number of H-pyrrole nitrogens is 1. The lowest BCUT2D eigenvalue weighted by atomic mass is 10.2. The van der Waals surface area contributed by atoms with Crippen LogP contribution in [0.3, 0.4) is 0 Å². The summed E-state index contributed by atoms with van der Waals surface area (Å²) in [5, 5.41) is 9.00. The number of hydrogen-bond donors (Lipinski definition) is 1. The summed E-state index contributed by atoms with van der Waals surface area (Å²) in [6.07, 6.45) is 0. The van der Waals surface area contributed by atoms with E-state index in [0.29, 0.717) is 21.4 Å². The molecule has 0 aliphatic carbocycles. The Kier molecular flexibility index (Phi) is 3.20. The molecule has 0 unspecified atom stereocenters. The summed E-state index contributed by atoms with van der Waals surface area (Å²) >= 11 is 5.30. The van der Waals surface area contributed by atoms with Gasteiger partial charge >= 0.3 is 0 Å². The molecule has 4 nitrogen and oxygen atoms in total. The maximum absolute atomic E-state index is 13.8. The highest BCUT2D eigenvalue weighted by Crippen LogP contribution is 2.27. The van der Waals surface area contributed by atoms with E-state index in [-0.39, 0.29) is 5.75 Å². The van der Waals surface area contributed by atoms with E-state index in [1.54, 1.807) is 28.8 Å². The average Bonchev–Trinajstić information content (AvgIpc) is 2.81. The van der Waals surface area contributed by atoms with Crippen LogP contribution >= 0.6 is 12.2 Å². The lowest BCUT2D eigenvalue weighted by Gasteiger charge is -2.06. The fourth-order valence-electron chi connectivity index (χ4n) is 2.24. The lowest BCUT2D eigenvalue weighted by Crippen LogP contribution is -1.95. The van der Waals surface area contributed by atoms with Crippen molar-refractivity contribution in [2.24, 2.45) is 0 Å². The average molecular weight is 299 g/mol. The molecule has 0 saturated carbocycles. The topological polar surface area (TPSA) is 53.7 Å². The molecule has 0 aliphatic rings. The molecule has 6 heteroatoms. The number of methoxy groups -OCH3 is 1. The first-order valence-corrected chi connectivity index (χ1v) is 6.53. The van der Waals surface area contributed by atoms with E-state index in [1.807, 2.05) is 6.07 Å². The van der Waals surface area contributed by atoms with Crippen LogP contribution in [0.1, 0.15) is 5.56 Å². The highest BCUT2D eigenvalue weighted by atomic mass is 32.1. The number of ether oxygens (including phenoxy) is 1. The minimum absolute atomic E-state index is 0.140. The van der Waals surface area contributed by atoms with E-state index in [9.17, 15) is 4.39 Å². The Balaban J connectivity index is 2.34. The van der Waals surface area contributed by atoms with Gasteiger partial charge in [0.2, 0.25) is 0 Å². The zero-order chi connectivity index (χ0) is 15.0. The Morgan fingerprint density at radius 2 is 2.14 bits per heavy atom. The van der Waals surface area contributed by atoms with Crippen LogP contribution in [0.2, 0.25) is 0 Å². The number of hydrogen-bond acceptors (Lipinski definition) is 3. The fourth-order valence-corrected chi connectivity index (χ4v) is 2.55. The second-order valence-corrected chi connectivity index (χ2v) is 4.82. The molecule has 3 aromatic rings. The van der Waals surface area contributed by atoms with Crippen LogP contribution in [0.25, 0.3) is 16.7 Å². The van der Waals surface area contributed by atoms with Gasteiger partial charge in [0.1, 0.15) is 0 Å². The van der Waals surface area contributed by atoms with Crippen LogP contribution in [0.5, 0.6) is 5.75 Å². The minimum Gasteiger partial charge on any atom is -0.494 e. The van der Waals surface area contributed by atoms with Crippen molar-refractivity contribution in [2.75, 3.05) is 7.11 Å². The van der Waals surface area contributed by atoms with Crippen molar-refractivity contribution in [3.8, 4) is 17.5 Å². The summed E-state index contributed by atoms with van der Waals surface area (Å²) in [4.78, 5) is 2.95. The van der Waals surface area contributed by atoms with Crippen molar-refractivity contribution in [1.29, 1.82) is 5.26 Å². The van der Waals surface area contributed by atoms with E-state index in [2.05, 4.69) is 11.1 Å². The second kappa shape index (κ2) is 5.04. The van der Waals surface area contributed by atoms with Crippen LogP contribution in [0.4, 0.5) is 4.39 Å². The van der Waals surface area contributed by atoms with Crippen LogP contribution < -0.4 is 4.74 Å². The van der Waals surface area contributed by atoms with Crippen molar-refractivity contribution in [3.05, 3.63) is 52.5 Å². The SMILES string of the molecule is COc1cc2c(cc1F)[nH]c(=S)n2-c1cccc(C#N)c1. The Morgan fingerprint density at radius 3 is 2.86 bits per heavy atom. The molecule has 21 heavy (non-hydrogen) atoms. The molecule has 0 amide bonds. The van der Waals surface area contributed by atoms with Crippen molar-refractivity contribution < 1.29 is 9.13 Å². The quantitative estimate of drug-likeness (QED) is 0.734. The number of halogens is 1. The fraction of sp³-hybridized carbons (Fsp3) is 0.0667. The van der Waals surface area contributed by atoms with E-state index >= 15 is 0 Å². The minimum atomic E-state index is -0.459. The maximum atomic E-state index is 13.8. The molecule has 0 radical (unpaired) electrons. The maximum Gasteiger partial charge on any atom is 0.182 e. The lowest BCUT2D eigenvalue weighted by molar-refractivity contribution is 0.387. The number of nitrogens with zero attached hydrogens (tertiary/aromatic N) is 2. The third-order valence-electron chi connectivity index (χ3n) is 3.19. The van der Waals surface area contributed by atoms with E-state index in [0.717, 1.165) is 5.69 Å². The summed E-state index contributed by atoms with van der Waals surface area (Å²) in [7, 11) is 1.41. The zero-order valence-corrected chi connectivity index (χ0v) is 11.9. The summed E-state index contributed by atoms with van der Waals surface area (Å²) in [5.74, 6) is -0.319. The largest absolute Gasteiger partial charge is 0.494 e.